The molecule has 0 bridgehead atoms. The molecule has 1 heterocycles. The van der Waals surface area contributed by atoms with E-state index >= 15 is 0 Å². The maximum atomic E-state index is 8.51. The molecule has 1 aromatic rings. The summed E-state index contributed by atoms with van der Waals surface area (Å²) in [6, 6.07) is 3.94. The highest BCUT2D eigenvalue weighted by Gasteiger charge is 1.96. The van der Waals surface area contributed by atoms with Gasteiger partial charge in [-0.25, -0.2) is 0 Å². The second-order valence-corrected chi connectivity index (χ2v) is 3.08. The van der Waals surface area contributed by atoms with Crippen LogP contribution in [0.1, 0.15) is 11.3 Å². The lowest BCUT2D eigenvalue weighted by Crippen LogP contribution is -1.86. The summed E-state index contributed by atoms with van der Waals surface area (Å²) in [7, 11) is 0. The first kappa shape index (κ1) is 7.48. The molecule has 0 saturated heterocycles. The van der Waals surface area contributed by atoms with Crippen LogP contribution in [0.2, 0.25) is 0 Å². The van der Waals surface area contributed by atoms with Crippen LogP contribution in [-0.4, -0.2) is 4.98 Å². The molecular formula is C7H5IN2. The monoisotopic (exact) mass is 244 g/mol. The molecule has 1 rings (SSSR count). The molecule has 0 aliphatic carbocycles. The minimum absolute atomic E-state index is 0.645. The van der Waals surface area contributed by atoms with Crippen LogP contribution < -0.4 is 0 Å². The third kappa shape index (κ3) is 1.45. The molecule has 0 aliphatic rings. The van der Waals surface area contributed by atoms with Crippen molar-refractivity contribution in [3.05, 3.63) is 27.1 Å². The topological polar surface area (TPSA) is 36.7 Å². The van der Waals surface area contributed by atoms with E-state index in [9.17, 15) is 0 Å². The Balaban J connectivity index is 3.23. The van der Waals surface area contributed by atoms with Gasteiger partial charge in [-0.15, -0.1) is 0 Å². The number of pyridine rings is 1. The summed E-state index contributed by atoms with van der Waals surface area (Å²) in [6.07, 6.45) is 1.59. The lowest BCUT2D eigenvalue weighted by molar-refractivity contribution is 1.18. The van der Waals surface area contributed by atoms with Gasteiger partial charge >= 0.3 is 0 Å². The predicted octanol–water partition coefficient (Wildman–Crippen LogP) is 1.87. The summed E-state index contributed by atoms with van der Waals surface area (Å²) in [4.78, 5) is 3.98. The van der Waals surface area contributed by atoms with Crippen molar-refractivity contribution in [1.29, 1.82) is 5.26 Å². The molecule has 0 spiro atoms. The van der Waals surface area contributed by atoms with Gasteiger partial charge in [-0.3, -0.25) is 4.98 Å². The van der Waals surface area contributed by atoms with E-state index in [2.05, 4.69) is 33.6 Å². The van der Waals surface area contributed by atoms with Crippen LogP contribution in [-0.2, 0) is 0 Å². The van der Waals surface area contributed by atoms with Gasteiger partial charge in [0.15, 0.2) is 0 Å². The number of halogens is 1. The van der Waals surface area contributed by atoms with Crippen molar-refractivity contribution in [3.63, 3.8) is 0 Å². The molecule has 10 heavy (non-hydrogen) atoms. The molecule has 0 aromatic carbocycles. The predicted molar refractivity (Wildman–Crippen MR) is 46.4 cm³/mol. The van der Waals surface area contributed by atoms with Gasteiger partial charge in [0.2, 0.25) is 0 Å². The Bertz CT molecular complexity index is 288. The molecule has 2 nitrogen and oxygen atoms in total. The standard InChI is InChI=1S/C7H5IN2/c1-5-2-7(8)6(3-9)4-10-5/h2,4H,1H3. The van der Waals surface area contributed by atoms with Crippen molar-refractivity contribution in [3.8, 4) is 6.07 Å². The summed E-state index contributed by atoms with van der Waals surface area (Å²) in [5.74, 6) is 0. The summed E-state index contributed by atoms with van der Waals surface area (Å²) >= 11 is 2.12. The first-order valence-electron chi connectivity index (χ1n) is 2.76. The van der Waals surface area contributed by atoms with Crippen molar-refractivity contribution in [2.24, 2.45) is 0 Å². The smallest absolute Gasteiger partial charge is 0.102 e. The molecule has 1 aromatic heterocycles. The van der Waals surface area contributed by atoms with E-state index in [4.69, 9.17) is 5.26 Å². The highest BCUT2D eigenvalue weighted by molar-refractivity contribution is 14.1. The molecule has 0 aliphatic heterocycles. The van der Waals surface area contributed by atoms with E-state index in [1.165, 1.54) is 0 Å². The minimum atomic E-state index is 0.645. The van der Waals surface area contributed by atoms with E-state index in [1.54, 1.807) is 6.20 Å². The van der Waals surface area contributed by atoms with Crippen LogP contribution in [0.5, 0.6) is 0 Å². The molecule has 0 unspecified atom stereocenters. The molecule has 0 amide bonds. The average molecular weight is 244 g/mol. The number of hydrogen-bond acceptors (Lipinski definition) is 2. The maximum absolute atomic E-state index is 8.51. The van der Waals surface area contributed by atoms with Crippen LogP contribution in [0, 0.1) is 21.8 Å². The van der Waals surface area contributed by atoms with Crippen molar-refractivity contribution in [2.45, 2.75) is 6.92 Å². The molecule has 0 N–H and O–H groups in total. The quantitative estimate of drug-likeness (QED) is 0.653. The zero-order valence-electron chi connectivity index (χ0n) is 5.43. The van der Waals surface area contributed by atoms with Crippen molar-refractivity contribution in [2.75, 3.05) is 0 Å². The third-order valence-electron chi connectivity index (χ3n) is 1.11. The minimum Gasteiger partial charge on any atom is -0.260 e. The largest absolute Gasteiger partial charge is 0.260 e. The molecule has 0 fully saturated rings. The van der Waals surface area contributed by atoms with Crippen molar-refractivity contribution < 1.29 is 0 Å². The van der Waals surface area contributed by atoms with Crippen LogP contribution in [0.25, 0.3) is 0 Å². The van der Waals surface area contributed by atoms with Gasteiger partial charge in [-0.2, -0.15) is 5.26 Å². The van der Waals surface area contributed by atoms with Gasteiger partial charge < -0.3 is 0 Å². The number of aromatic nitrogens is 1. The number of nitrogens with zero attached hydrogens (tertiary/aromatic N) is 2. The molecule has 3 heteroatoms. The number of nitriles is 1. The second kappa shape index (κ2) is 2.97. The Kier molecular flexibility index (Phi) is 2.22. The Morgan fingerprint density at radius 3 is 2.90 bits per heavy atom. The van der Waals surface area contributed by atoms with Crippen LogP contribution >= 0.6 is 22.6 Å². The zero-order valence-corrected chi connectivity index (χ0v) is 7.58. The summed E-state index contributed by atoms with van der Waals surface area (Å²) in [5.41, 5.74) is 1.59. The SMILES string of the molecule is Cc1cc(I)c(C#N)cn1. The Morgan fingerprint density at radius 1 is 1.70 bits per heavy atom. The third-order valence-corrected chi connectivity index (χ3v) is 2.00. The Hall–Kier alpha value is -0.630. The molecule has 0 radical (unpaired) electrons. The Morgan fingerprint density at radius 2 is 2.40 bits per heavy atom. The number of aryl methyl sites for hydroxylation is 1. The van der Waals surface area contributed by atoms with Gasteiger partial charge in [0.05, 0.1) is 5.56 Å². The molecule has 50 valence electrons. The summed E-state index contributed by atoms with van der Waals surface area (Å²) in [5, 5.41) is 8.51. The lowest BCUT2D eigenvalue weighted by Gasteiger charge is -1.93. The fourth-order valence-corrected chi connectivity index (χ4v) is 1.32. The van der Waals surface area contributed by atoms with Gasteiger partial charge in [0.25, 0.3) is 0 Å². The first-order chi connectivity index (χ1) is 4.74. The second-order valence-electron chi connectivity index (χ2n) is 1.92. The normalized spacial score (nSPS) is 8.90. The van der Waals surface area contributed by atoms with Crippen LogP contribution in [0.3, 0.4) is 0 Å². The summed E-state index contributed by atoms with van der Waals surface area (Å²) in [6.45, 7) is 1.91. The van der Waals surface area contributed by atoms with Crippen molar-refractivity contribution in [1.82, 2.24) is 4.98 Å². The first-order valence-corrected chi connectivity index (χ1v) is 3.84. The highest BCUT2D eigenvalue weighted by Crippen LogP contribution is 2.09. The lowest BCUT2D eigenvalue weighted by atomic mass is 10.3. The Labute approximate surface area is 73.0 Å². The van der Waals surface area contributed by atoms with E-state index in [0.717, 1.165) is 9.26 Å². The van der Waals surface area contributed by atoms with E-state index < -0.39 is 0 Å². The van der Waals surface area contributed by atoms with Crippen LogP contribution in [0.4, 0.5) is 0 Å². The summed E-state index contributed by atoms with van der Waals surface area (Å²) < 4.78 is 0.965. The van der Waals surface area contributed by atoms with E-state index in [1.807, 2.05) is 13.0 Å². The number of hydrogen-bond donors (Lipinski definition) is 0. The van der Waals surface area contributed by atoms with E-state index in [0.29, 0.717) is 5.56 Å². The van der Waals surface area contributed by atoms with Gasteiger partial charge in [-0.1, -0.05) is 0 Å². The molecular weight excluding hydrogens is 239 g/mol. The fraction of sp³-hybridized carbons (Fsp3) is 0.143. The van der Waals surface area contributed by atoms with Crippen molar-refractivity contribution >= 4 is 22.6 Å². The number of rotatable bonds is 0. The molecule has 0 atom stereocenters. The fourth-order valence-electron chi connectivity index (χ4n) is 0.609. The molecule has 0 saturated carbocycles. The van der Waals surface area contributed by atoms with Gasteiger partial charge in [0.1, 0.15) is 6.07 Å². The zero-order chi connectivity index (χ0) is 7.56. The van der Waals surface area contributed by atoms with E-state index in [-0.39, 0.29) is 0 Å². The average Bonchev–Trinajstić information content (AvgIpc) is 1.88. The van der Waals surface area contributed by atoms with Gasteiger partial charge in [0, 0.05) is 15.5 Å². The van der Waals surface area contributed by atoms with Crippen LogP contribution in [0.15, 0.2) is 12.3 Å². The highest BCUT2D eigenvalue weighted by atomic mass is 127. The van der Waals surface area contributed by atoms with Gasteiger partial charge in [-0.05, 0) is 35.6 Å². The maximum Gasteiger partial charge on any atom is 0.102 e.